The van der Waals surface area contributed by atoms with Crippen molar-refractivity contribution >= 4 is 61.0 Å². The molecule has 0 bridgehead atoms. The smallest absolute Gasteiger partial charge is 0.328 e. The predicted molar refractivity (Wildman–Crippen MR) is 80.6 cm³/mol. The molecule has 1 atom stereocenters. The van der Waals surface area contributed by atoms with Gasteiger partial charge in [-0.3, -0.25) is 4.79 Å². The van der Waals surface area contributed by atoms with Crippen molar-refractivity contribution in [2.24, 2.45) is 0 Å². The molecule has 0 aliphatic heterocycles. The standard InChI is InChI=1S/C11H11Br2ClN2O3/c1-5(17)16-9(11(18)19)4-15-10-7(12)2-6(14)3-8(10)13/h2-3,9,15H,4H2,1H3,(H,16,17)(H,18,19). The zero-order chi connectivity index (χ0) is 14.6. The number of hydrogen-bond acceptors (Lipinski definition) is 3. The molecule has 8 heteroatoms. The van der Waals surface area contributed by atoms with E-state index in [4.69, 9.17) is 16.7 Å². The van der Waals surface area contributed by atoms with Crippen molar-refractivity contribution in [2.45, 2.75) is 13.0 Å². The Labute approximate surface area is 132 Å². The van der Waals surface area contributed by atoms with E-state index in [1.165, 1.54) is 6.92 Å². The average molecular weight is 414 g/mol. The van der Waals surface area contributed by atoms with Gasteiger partial charge in [0.15, 0.2) is 0 Å². The molecule has 1 unspecified atom stereocenters. The summed E-state index contributed by atoms with van der Waals surface area (Å²) in [4.78, 5) is 21.9. The van der Waals surface area contributed by atoms with Crippen molar-refractivity contribution in [1.29, 1.82) is 0 Å². The van der Waals surface area contributed by atoms with Gasteiger partial charge in [-0.05, 0) is 44.0 Å². The molecular weight excluding hydrogens is 403 g/mol. The third-order valence-electron chi connectivity index (χ3n) is 2.17. The van der Waals surface area contributed by atoms with E-state index < -0.39 is 17.9 Å². The molecule has 1 amide bonds. The van der Waals surface area contributed by atoms with Crippen LogP contribution in [0.4, 0.5) is 5.69 Å². The monoisotopic (exact) mass is 412 g/mol. The van der Waals surface area contributed by atoms with Gasteiger partial charge in [0, 0.05) is 27.4 Å². The second-order valence-corrected chi connectivity index (χ2v) is 5.86. The van der Waals surface area contributed by atoms with Crippen molar-refractivity contribution in [3.8, 4) is 0 Å². The fourth-order valence-electron chi connectivity index (χ4n) is 1.36. The Kier molecular flexibility index (Phi) is 6.09. The largest absolute Gasteiger partial charge is 0.480 e. The molecule has 0 saturated carbocycles. The molecule has 5 nitrogen and oxygen atoms in total. The molecule has 104 valence electrons. The van der Waals surface area contributed by atoms with E-state index in [1.54, 1.807) is 12.1 Å². The van der Waals surface area contributed by atoms with Crippen LogP contribution in [-0.2, 0) is 9.59 Å². The molecule has 0 aliphatic carbocycles. The number of hydrogen-bond donors (Lipinski definition) is 3. The van der Waals surface area contributed by atoms with E-state index in [2.05, 4.69) is 42.5 Å². The quantitative estimate of drug-likeness (QED) is 0.692. The summed E-state index contributed by atoms with van der Waals surface area (Å²) in [6.45, 7) is 1.32. The van der Waals surface area contributed by atoms with Crippen molar-refractivity contribution < 1.29 is 14.7 Å². The van der Waals surface area contributed by atoms with Gasteiger partial charge >= 0.3 is 5.97 Å². The fourth-order valence-corrected chi connectivity index (χ4v) is 3.31. The summed E-state index contributed by atoms with van der Waals surface area (Å²) in [5, 5.41) is 14.8. The van der Waals surface area contributed by atoms with E-state index in [9.17, 15) is 9.59 Å². The highest BCUT2D eigenvalue weighted by Crippen LogP contribution is 2.34. The first-order valence-corrected chi connectivity index (χ1v) is 7.16. The lowest BCUT2D eigenvalue weighted by molar-refractivity contribution is -0.141. The summed E-state index contributed by atoms with van der Waals surface area (Å²) in [7, 11) is 0. The van der Waals surface area contributed by atoms with Gasteiger partial charge < -0.3 is 15.7 Å². The molecule has 1 rings (SSSR count). The first-order chi connectivity index (χ1) is 8.81. The minimum absolute atomic E-state index is 0.0494. The highest BCUT2D eigenvalue weighted by Gasteiger charge is 2.19. The number of carboxylic acid groups (broad SMARTS) is 1. The van der Waals surface area contributed by atoms with Crippen LogP contribution in [0.15, 0.2) is 21.1 Å². The van der Waals surface area contributed by atoms with Crippen molar-refractivity contribution in [3.05, 3.63) is 26.1 Å². The third-order valence-corrected chi connectivity index (χ3v) is 3.63. The molecular formula is C11H11Br2ClN2O3. The lowest BCUT2D eigenvalue weighted by Gasteiger charge is -2.17. The number of anilines is 1. The maximum Gasteiger partial charge on any atom is 0.328 e. The topological polar surface area (TPSA) is 78.4 Å². The first-order valence-electron chi connectivity index (χ1n) is 5.19. The third kappa shape index (κ3) is 5.00. The molecule has 0 spiro atoms. The average Bonchev–Trinajstić information content (AvgIpc) is 2.25. The van der Waals surface area contributed by atoms with Crippen LogP contribution in [0.25, 0.3) is 0 Å². The number of carboxylic acids is 1. The molecule has 0 aromatic heterocycles. The summed E-state index contributed by atoms with van der Waals surface area (Å²) in [5.74, 6) is -1.51. The number of nitrogens with one attached hydrogen (secondary N) is 2. The SMILES string of the molecule is CC(=O)NC(CNc1c(Br)cc(Cl)cc1Br)C(=O)O. The second kappa shape index (κ2) is 7.12. The van der Waals surface area contributed by atoms with E-state index in [-0.39, 0.29) is 6.54 Å². The summed E-state index contributed by atoms with van der Waals surface area (Å²) < 4.78 is 1.39. The maximum absolute atomic E-state index is 11.0. The number of benzene rings is 1. The molecule has 1 aromatic carbocycles. The summed E-state index contributed by atoms with van der Waals surface area (Å²) in [5.41, 5.74) is 0.668. The molecule has 0 saturated heterocycles. The van der Waals surface area contributed by atoms with Gasteiger partial charge in [-0.25, -0.2) is 4.79 Å². The Morgan fingerprint density at radius 2 is 1.89 bits per heavy atom. The fraction of sp³-hybridized carbons (Fsp3) is 0.273. The highest BCUT2D eigenvalue weighted by atomic mass is 79.9. The van der Waals surface area contributed by atoms with E-state index >= 15 is 0 Å². The Morgan fingerprint density at radius 3 is 2.32 bits per heavy atom. The lowest BCUT2D eigenvalue weighted by Crippen LogP contribution is -2.44. The zero-order valence-corrected chi connectivity index (χ0v) is 13.8. The summed E-state index contributed by atoms with van der Waals surface area (Å²) >= 11 is 12.5. The van der Waals surface area contributed by atoms with Gasteiger partial charge in [-0.15, -0.1) is 0 Å². The highest BCUT2D eigenvalue weighted by molar-refractivity contribution is 9.11. The number of halogens is 3. The predicted octanol–water partition coefficient (Wildman–Crippen LogP) is 2.87. The summed E-state index contributed by atoms with van der Waals surface area (Å²) in [6.07, 6.45) is 0. The number of rotatable bonds is 5. The van der Waals surface area contributed by atoms with Crippen molar-refractivity contribution in [1.82, 2.24) is 5.32 Å². The Bertz CT molecular complexity index is 488. The van der Waals surface area contributed by atoms with Crippen LogP contribution < -0.4 is 10.6 Å². The number of aliphatic carboxylic acids is 1. The molecule has 0 heterocycles. The van der Waals surface area contributed by atoms with Crippen molar-refractivity contribution in [2.75, 3.05) is 11.9 Å². The van der Waals surface area contributed by atoms with Gasteiger partial charge in [0.1, 0.15) is 6.04 Å². The van der Waals surface area contributed by atoms with Crippen LogP contribution in [0.2, 0.25) is 5.02 Å². The van der Waals surface area contributed by atoms with E-state index in [0.717, 1.165) is 0 Å². The van der Waals surface area contributed by atoms with Gasteiger partial charge in [0.05, 0.1) is 5.69 Å². The van der Waals surface area contributed by atoms with Crippen LogP contribution in [-0.4, -0.2) is 29.6 Å². The summed E-state index contributed by atoms with van der Waals surface area (Å²) in [6, 6.07) is 2.36. The normalized spacial score (nSPS) is 11.8. The van der Waals surface area contributed by atoms with Gasteiger partial charge in [-0.2, -0.15) is 0 Å². The Morgan fingerprint density at radius 1 is 1.37 bits per heavy atom. The molecule has 1 aromatic rings. The second-order valence-electron chi connectivity index (χ2n) is 3.72. The van der Waals surface area contributed by atoms with Gasteiger partial charge in [0.25, 0.3) is 0 Å². The lowest BCUT2D eigenvalue weighted by atomic mass is 10.2. The van der Waals surface area contributed by atoms with Crippen LogP contribution in [0.5, 0.6) is 0 Å². The van der Waals surface area contributed by atoms with Crippen molar-refractivity contribution in [3.63, 3.8) is 0 Å². The van der Waals surface area contributed by atoms with E-state index in [1.807, 2.05) is 0 Å². The van der Waals surface area contributed by atoms with Crippen LogP contribution >= 0.6 is 43.5 Å². The molecule has 19 heavy (non-hydrogen) atoms. The Balaban J connectivity index is 2.80. The minimum atomic E-state index is -1.11. The number of amides is 1. The Hall–Kier alpha value is -0.790. The van der Waals surface area contributed by atoms with Crippen LogP contribution in [0.1, 0.15) is 6.92 Å². The van der Waals surface area contributed by atoms with Crippen LogP contribution in [0.3, 0.4) is 0 Å². The maximum atomic E-state index is 11.0. The molecule has 0 aliphatic rings. The zero-order valence-electron chi connectivity index (χ0n) is 9.84. The molecule has 3 N–H and O–H groups in total. The minimum Gasteiger partial charge on any atom is -0.480 e. The number of carbonyl (C=O) groups excluding carboxylic acids is 1. The van der Waals surface area contributed by atoms with Gasteiger partial charge in [-0.1, -0.05) is 11.6 Å². The number of carbonyl (C=O) groups is 2. The van der Waals surface area contributed by atoms with Crippen LogP contribution in [0, 0.1) is 0 Å². The van der Waals surface area contributed by atoms with E-state index in [0.29, 0.717) is 19.7 Å². The molecule has 0 fully saturated rings. The molecule has 0 radical (unpaired) electrons. The first kappa shape index (κ1) is 16.3. The van der Waals surface area contributed by atoms with Gasteiger partial charge in [0.2, 0.25) is 5.91 Å².